The van der Waals surface area contributed by atoms with Crippen molar-refractivity contribution in [3.8, 4) is 17.3 Å². The molecular weight excluding hydrogens is 346 g/mol. The van der Waals surface area contributed by atoms with Gasteiger partial charge in [-0.2, -0.15) is 5.26 Å². The van der Waals surface area contributed by atoms with Gasteiger partial charge in [0.15, 0.2) is 11.6 Å². The van der Waals surface area contributed by atoms with E-state index < -0.39 is 5.82 Å². The number of aryl methyl sites for hydroxylation is 1. The Morgan fingerprint density at radius 2 is 1.89 bits per heavy atom. The van der Waals surface area contributed by atoms with Crippen LogP contribution in [0.25, 0.3) is 22.2 Å². The summed E-state index contributed by atoms with van der Waals surface area (Å²) in [5, 5.41) is 10.1. The highest BCUT2D eigenvalue weighted by atomic mass is 19.1. The molecule has 2 aromatic heterocycles. The topological polar surface area (TPSA) is 64.8 Å². The largest absolute Gasteiger partial charge is 0.358 e. The number of nitrogens with zero attached hydrogens (tertiary/aromatic N) is 3. The fraction of sp³-hybridized carbons (Fsp3) is 0.286. The molecule has 0 atom stereocenters. The van der Waals surface area contributed by atoms with Gasteiger partial charge in [-0.25, -0.2) is 18.8 Å². The third kappa shape index (κ3) is 3.21. The molecule has 1 aliphatic carbocycles. The minimum atomic E-state index is -0.615. The number of rotatable bonds is 2. The summed E-state index contributed by atoms with van der Waals surface area (Å²) < 4.78 is 28.7. The normalized spacial score (nSPS) is 14.4. The predicted octanol–water partition coefficient (Wildman–Crippen LogP) is 5.72. The highest BCUT2D eigenvalue weighted by Crippen LogP contribution is 2.34. The van der Waals surface area contributed by atoms with Crippen molar-refractivity contribution in [3.05, 3.63) is 47.2 Å². The van der Waals surface area contributed by atoms with Crippen LogP contribution in [0.3, 0.4) is 0 Å². The Morgan fingerprint density at radius 3 is 2.63 bits per heavy atom. The third-order valence-electron chi connectivity index (χ3n) is 4.91. The molecule has 4 nitrogen and oxygen atoms in total. The van der Waals surface area contributed by atoms with Crippen molar-refractivity contribution < 1.29 is 8.78 Å². The molecule has 0 saturated heterocycles. The number of halogens is 2. The summed E-state index contributed by atoms with van der Waals surface area (Å²) in [5.74, 6) is -1.00. The van der Waals surface area contributed by atoms with E-state index in [4.69, 9.17) is 0 Å². The molecule has 1 N–H and O–H groups in total. The summed E-state index contributed by atoms with van der Waals surface area (Å²) in [6.45, 7) is 1.79. The van der Waals surface area contributed by atoms with Crippen LogP contribution in [0.5, 0.6) is 0 Å². The van der Waals surface area contributed by atoms with Crippen LogP contribution in [0, 0.1) is 29.9 Å². The van der Waals surface area contributed by atoms with Gasteiger partial charge in [0.25, 0.3) is 0 Å². The van der Waals surface area contributed by atoms with E-state index in [0.717, 1.165) is 49.4 Å². The van der Waals surface area contributed by atoms with Gasteiger partial charge in [0.1, 0.15) is 11.9 Å². The summed E-state index contributed by atoms with van der Waals surface area (Å²) in [6.07, 6.45) is 6.54. The van der Waals surface area contributed by atoms with E-state index in [1.807, 2.05) is 12.1 Å². The Balaban J connectivity index is 1.90. The highest BCUT2D eigenvalue weighted by Gasteiger charge is 2.18. The standard InChI is InChI=1S/C21H18F2N4/c1-12-7-15-16(11-25-20(15)17(22)8-12)19-13(10-24)9-18(23)21(27-19)26-14-5-3-2-4-6-14/h7-9,11,25H,2-6H2,1H3. The van der Waals surface area contributed by atoms with E-state index in [9.17, 15) is 14.0 Å². The SMILES string of the molecule is Cc1cc(F)c2[nH]cc(-c3nc(N=C4CCCCC4)c(F)cc3C#N)c2c1. The van der Waals surface area contributed by atoms with E-state index in [1.165, 1.54) is 6.07 Å². The number of hydrogen-bond donors (Lipinski definition) is 1. The number of nitrogens with one attached hydrogen (secondary N) is 1. The Bertz CT molecular complexity index is 1100. The van der Waals surface area contributed by atoms with Gasteiger partial charge in [-0.15, -0.1) is 0 Å². The zero-order valence-electron chi connectivity index (χ0n) is 14.9. The lowest BCUT2D eigenvalue weighted by Gasteiger charge is -2.12. The number of nitriles is 1. The summed E-state index contributed by atoms with van der Waals surface area (Å²) in [4.78, 5) is 11.7. The first-order chi connectivity index (χ1) is 13.1. The van der Waals surface area contributed by atoms with Crippen LogP contribution in [0.4, 0.5) is 14.6 Å². The molecule has 0 unspecified atom stereocenters. The monoisotopic (exact) mass is 364 g/mol. The second kappa shape index (κ2) is 6.92. The van der Waals surface area contributed by atoms with Gasteiger partial charge >= 0.3 is 0 Å². The molecule has 136 valence electrons. The number of H-pyrrole nitrogens is 1. The van der Waals surface area contributed by atoms with Crippen molar-refractivity contribution in [1.82, 2.24) is 9.97 Å². The number of benzene rings is 1. The van der Waals surface area contributed by atoms with E-state index in [0.29, 0.717) is 22.2 Å². The molecule has 2 heterocycles. The van der Waals surface area contributed by atoms with E-state index in [1.54, 1.807) is 13.1 Å². The fourth-order valence-corrected chi connectivity index (χ4v) is 3.59. The summed E-state index contributed by atoms with van der Waals surface area (Å²) in [6, 6.07) is 6.41. The number of aliphatic imine (C=N–C) groups is 1. The van der Waals surface area contributed by atoms with E-state index in [2.05, 4.69) is 15.0 Å². The van der Waals surface area contributed by atoms with Crippen molar-refractivity contribution in [2.75, 3.05) is 0 Å². The number of hydrogen-bond acceptors (Lipinski definition) is 3. The molecule has 4 rings (SSSR count). The molecule has 27 heavy (non-hydrogen) atoms. The zero-order chi connectivity index (χ0) is 19.0. The molecule has 0 radical (unpaired) electrons. The van der Waals surface area contributed by atoms with Crippen LogP contribution >= 0.6 is 0 Å². The molecular formula is C21H18F2N4. The second-order valence-corrected chi connectivity index (χ2v) is 6.91. The quantitative estimate of drug-likeness (QED) is 0.631. The first-order valence-corrected chi connectivity index (χ1v) is 9.01. The molecule has 1 saturated carbocycles. The van der Waals surface area contributed by atoms with Crippen LogP contribution in [0.1, 0.15) is 43.2 Å². The lowest BCUT2D eigenvalue weighted by atomic mass is 9.98. The first kappa shape index (κ1) is 17.3. The predicted molar refractivity (Wildman–Crippen MR) is 101 cm³/mol. The molecule has 1 aromatic carbocycles. The van der Waals surface area contributed by atoms with Crippen LogP contribution in [-0.4, -0.2) is 15.7 Å². The van der Waals surface area contributed by atoms with Gasteiger partial charge in [-0.05, 0) is 56.4 Å². The molecule has 0 amide bonds. The number of aromatic amines is 1. The van der Waals surface area contributed by atoms with Gasteiger partial charge in [-0.1, -0.05) is 6.42 Å². The van der Waals surface area contributed by atoms with Gasteiger partial charge in [0, 0.05) is 22.9 Å². The smallest absolute Gasteiger partial charge is 0.189 e. The van der Waals surface area contributed by atoms with Crippen molar-refractivity contribution in [2.24, 2.45) is 4.99 Å². The Hall–Kier alpha value is -3.07. The van der Waals surface area contributed by atoms with Gasteiger partial charge < -0.3 is 4.98 Å². The summed E-state index contributed by atoms with van der Waals surface area (Å²) in [7, 11) is 0. The minimum absolute atomic E-state index is 0.0108. The van der Waals surface area contributed by atoms with Crippen molar-refractivity contribution >= 4 is 22.4 Å². The van der Waals surface area contributed by atoms with E-state index in [-0.39, 0.29) is 17.2 Å². The minimum Gasteiger partial charge on any atom is -0.358 e. The summed E-state index contributed by atoms with van der Waals surface area (Å²) >= 11 is 0. The molecule has 3 aromatic rings. The molecule has 1 aliphatic rings. The maximum absolute atomic E-state index is 14.5. The lowest BCUT2D eigenvalue weighted by Crippen LogP contribution is -2.05. The van der Waals surface area contributed by atoms with Crippen molar-refractivity contribution in [1.29, 1.82) is 5.26 Å². The average molecular weight is 364 g/mol. The Morgan fingerprint density at radius 1 is 1.11 bits per heavy atom. The van der Waals surface area contributed by atoms with Gasteiger partial charge in [-0.3, -0.25) is 0 Å². The molecule has 0 bridgehead atoms. The fourth-order valence-electron chi connectivity index (χ4n) is 3.59. The zero-order valence-corrected chi connectivity index (χ0v) is 14.9. The maximum atomic E-state index is 14.5. The lowest BCUT2D eigenvalue weighted by molar-refractivity contribution is 0.621. The van der Waals surface area contributed by atoms with Crippen LogP contribution in [0.2, 0.25) is 0 Å². The number of fused-ring (bicyclic) bond motifs is 1. The average Bonchev–Trinajstić information content (AvgIpc) is 3.08. The van der Waals surface area contributed by atoms with Crippen LogP contribution < -0.4 is 0 Å². The molecule has 0 aliphatic heterocycles. The molecule has 0 spiro atoms. The summed E-state index contributed by atoms with van der Waals surface area (Å²) in [5.41, 5.74) is 3.00. The number of pyridine rings is 1. The maximum Gasteiger partial charge on any atom is 0.189 e. The first-order valence-electron chi connectivity index (χ1n) is 9.01. The third-order valence-corrected chi connectivity index (χ3v) is 4.91. The Labute approximate surface area is 155 Å². The molecule has 1 fully saturated rings. The second-order valence-electron chi connectivity index (χ2n) is 6.91. The number of aromatic nitrogens is 2. The molecule has 6 heteroatoms. The highest BCUT2D eigenvalue weighted by molar-refractivity contribution is 5.97. The van der Waals surface area contributed by atoms with Crippen molar-refractivity contribution in [3.63, 3.8) is 0 Å². The van der Waals surface area contributed by atoms with Crippen LogP contribution in [0.15, 0.2) is 29.4 Å². The van der Waals surface area contributed by atoms with Crippen LogP contribution in [-0.2, 0) is 0 Å². The van der Waals surface area contributed by atoms with Crippen molar-refractivity contribution in [2.45, 2.75) is 39.0 Å². The van der Waals surface area contributed by atoms with Gasteiger partial charge in [0.05, 0.1) is 16.8 Å². The van der Waals surface area contributed by atoms with E-state index >= 15 is 0 Å². The Kier molecular flexibility index (Phi) is 4.44. The van der Waals surface area contributed by atoms with Gasteiger partial charge in [0.2, 0.25) is 0 Å².